The monoisotopic (exact) mass is 591 g/mol. The molecule has 4 aromatic carbocycles. The molecule has 44 heavy (non-hydrogen) atoms. The largest absolute Gasteiger partial charge is 0.502 e. The van der Waals surface area contributed by atoms with E-state index in [1.54, 1.807) is 12.1 Å². The lowest BCUT2D eigenvalue weighted by molar-refractivity contribution is -0.141. The van der Waals surface area contributed by atoms with Gasteiger partial charge in [0.1, 0.15) is 5.82 Å². The fourth-order valence-corrected chi connectivity index (χ4v) is 6.83. The zero-order valence-corrected chi connectivity index (χ0v) is 24.0. The van der Waals surface area contributed by atoms with E-state index in [4.69, 9.17) is 28.7 Å². The van der Waals surface area contributed by atoms with Gasteiger partial charge in [-0.1, -0.05) is 12.1 Å². The van der Waals surface area contributed by atoms with E-state index in [1.807, 2.05) is 60.7 Å². The number of fused-ring (bicyclic) bond motifs is 4. The molecule has 222 valence electrons. The van der Waals surface area contributed by atoms with Crippen LogP contribution >= 0.6 is 0 Å². The second kappa shape index (κ2) is 10.1. The number of rotatable bonds is 6. The molecule has 1 aliphatic carbocycles. The number of nitrogens with zero attached hydrogens (tertiary/aromatic N) is 1. The van der Waals surface area contributed by atoms with Crippen molar-refractivity contribution in [3.05, 3.63) is 89.5 Å². The number of H-pyrrole nitrogens is 1. The highest BCUT2D eigenvalue weighted by molar-refractivity contribution is 5.80. The molecule has 0 amide bonds. The van der Waals surface area contributed by atoms with Crippen LogP contribution in [0.25, 0.3) is 22.4 Å². The van der Waals surface area contributed by atoms with E-state index in [0.29, 0.717) is 11.5 Å². The fourth-order valence-electron chi connectivity index (χ4n) is 6.83. The molecule has 0 radical (unpaired) electrons. The van der Waals surface area contributed by atoms with E-state index >= 15 is 0 Å². The van der Waals surface area contributed by atoms with Crippen LogP contribution < -0.4 is 24.3 Å². The third-order valence-electron chi connectivity index (χ3n) is 8.92. The van der Waals surface area contributed by atoms with E-state index in [-0.39, 0.29) is 48.6 Å². The van der Waals surface area contributed by atoms with Gasteiger partial charge in [0.25, 0.3) is 0 Å². The topological polar surface area (TPSA) is 124 Å². The number of nitrogens with one attached hydrogen (secondary N) is 2. The lowest BCUT2D eigenvalue weighted by Gasteiger charge is -2.40. The maximum absolute atomic E-state index is 13.5. The molecule has 5 aromatic rings. The highest BCUT2D eigenvalue weighted by Gasteiger charge is 2.52. The molecule has 0 spiro atoms. The molecule has 8 rings (SSSR count). The molecule has 1 saturated heterocycles. The number of para-hydroxylation sites is 2. The van der Waals surface area contributed by atoms with Gasteiger partial charge in [0, 0.05) is 23.1 Å². The van der Waals surface area contributed by atoms with Crippen LogP contribution in [0, 0.1) is 11.8 Å². The number of aromatic amines is 1. The van der Waals surface area contributed by atoms with Gasteiger partial charge in [0.15, 0.2) is 23.0 Å². The Hall–Kier alpha value is -5.38. The molecule has 0 unspecified atom stereocenters. The smallest absolute Gasteiger partial charge is 0.310 e. The average molecular weight is 592 g/mol. The number of carbonyl (C=O) groups is 1. The first-order chi connectivity index (χ1) is 21.5. The van der Waals surface area contributed by atoms with Gasteiger partial charge in [-0.25, -0.2) is 4.98 Å². The molecule has 0 saturated carbocycles. The minimum absolute atomic E-state index is 0.100. The number of benzene rings is 4. The summed E-state index contributed by atoms with van der Waals surface area (Å²) in [5.41, 5.74) is 6.40. The summed E-state index contributed by atoms with van der Waals surface area (Å²) >= 11 is 0. The van der Waals surface area contributed by atoms with Crippen molar-refractivity contribution in [2.45, 2.75) is 12.0 Å². The number of aromatic hydroxyl groups is 1. The zero-order chi connectivity index (χ0) is 29.9. The number of hydrogen-bond donors (Lipinski definition) is 3. The summed E-state index contributed by atoms with van der Waals surface area (Å²) in [7, 11) is 2.97. The van der Waals surface area contributed by atoms with Gasteiger partial charge in [-0.3, -0.25) is 4.79 Å². The van der Waals surface area contributed by atoms with Gasteiger partial charge in [-0.05, 0) is 77.4 Å². The van der Waals surface area contributed by atoms with Gasteiger partial charge in [-0.2, -0.15) is 0 Å². The molecule has 2 aliphatic heterocycles. The summed E-state index contributed by atoms with van der Waals surface area (Å²) in [6, 6.07) is 23.2. The van der Waals surface area contributed by atoms with Gasteiger partial charge in [-0.15, -0.1) is 0 Å². The number of ether oxygens (including phenoxy) is 5. The van der Waals surface area contributed by atoms with Crippen LogP contribution in [0.3, 0.4) is 0 Å². The number of hydrogen-bond acceptors (Lipinski definition) is 9. The number of phenols is 1. The van der Waals surface area contributed by atoms with Gasteiger partial charge in [0.2, 0.25) is 12.5 Å². The minimum Gasteiger partial charge on any atom is -0.502 e. The van der Waals surface area contributed by atoms with Crippen LogP contribution in [0.4, 0.5) is 5.69 Å². The SMILES string of the molecule is COc1cc([C@@H]2c3cc4c(cc3[C@@H](Nc3ccc(-c5nc6ccccc6[nH]5)cc3)[C@H]3COC(=O)[C@H]23)OCO4)cc(OC)c1O. The van der Waals surface area contributed by atoms with Crippen molar-refractivity contribution in [1.29, 1.82) is 0 Å². The molecule has 10 heteroatoms. The van der Waals surface area contributed by atoms with Crippen LogP contribution in [0.5, 0.6) is 28.7 Å². The summed E-state index contributed by atoms with van der Waals surface area (Å²) in [6.45, 7) is 0.384. The Morgan fingerprint density at radius 1 is 0.909 bits per heavy atom. The van der Waals surface area contributed by atoms with Crippen molar-refractivity contribution in [2.75, 3.05) is 32.9 Å². The maximum atomic E-state index is 13.5. The van der Waals surface area contributed by atoms with Crippen molar-refractivity contribution in [2.24, 2.45) is 11.8 Å². The number of cyclic esters (lactones) is 1. The van der Waals surface area contributed by atoms with Crippen LogP contribution in [0.15, 0.2) is 72.8 Å². The number of aromatic nitrogens is 2. The number of carbonyl (C=O) groups excluding carboxylic acids is 1. The summed E-state index contributed by atoms with van der Waals surface area (Å²) in [4.78, 5) is 21.6. The quantitative estimate of drug-likeness (QED) is 0.211. The highest BCUT2D eigenvalue weighted by atomic mass is 16.7. The Bertz CT molecular complexity index is 1860. The zero-order valence-electron chi connectivity index (χ0n) is 24.0. The molecule has 0 bridgehead atoms. The summed E-state index contributed by atoms with van der Waals surface area (Å²) in [5, 5.41) is 14.3. The van der Waals surface area contributed by atoms with Crippen molar-refractivity contribution < 1.29 is 33.6 Å². The Morgan fingerprint density at radius 2 is 1.61 bits per heavy atom. The normalized spacial score (nSPS) is 21.5. The third kappa shape index (κ3) is 4.09. The van der Waals surface area contributed by atoms with E-state index in [9.17, 15) is 9.90 Å². The molecule has 3 N–H and O–H groups in total. The maximum Gasteiger partial charge on any atom is 0.310 e. The summed E-state index contributed by atoms with van der Waals surface area (Å²) in [5.74, 6) is 1.10. The van der Waals surface area contributed by atoms with E-state index in [0.717, 1.165) is 44.8 Å². The Kier molecular flexibility index (Phi) is 6.04. The predicted molar refractivity (Wildman–Crippen MR) is 161 cm³/mol. The Balaban J connectivity index is 1.21. The van der Waals surface area contributed by atoms with Crippen molar-refractivity contribution in [1.82, 2.24) is 9.97 Å². The van der Waals surface area contributed by atoms with Crippen LogP contribution in [-0.2, 0) is 9.53 Å². The fraction of sp³-hybridized carbons (Fsp3) is 0.235. The Morgan fingerprint density at radius 3 is 2.32 bits per heavy atom. The van der Waals surface area contributed by atoms with Gasteiger partial charge < -0.3 is 39.1 Å². The molecule has 3 heterocycles. The molecule has 4 atom stereocenters. The Labute approximate surface area is 252 Å². The standard InChI is InChI=1S/C34H29N3O7/c1-40-27-11-18(12-28(41-2)32(27)38)29-20-13-25-26(44-16-43-25)14-21(20)31(22-15-42-34(39)30(22)29)35-19-9-7-17(8-10-19)33-36-23-5-3-4-6-24(23)37-33/h3-14,22,29-31,35,38H,15-16H2,1-2H3,(H,36,37)/t22-,29+,30-,31+/m0/s1. The lowest BCUT2D eigenvalue weighted by Crippen LogP contribution is -2.37. The first-order valence-corrected chi connectivity index (χ1v) is 14.4. The number of methoxy groups -OCH3 is 2. The van der Waals surface area contributed by atoms with Crippen LogP contribution in [-0.4, -0.2) is 48.7 Å². The average Bonchev–Trinajstić information content (AvgIpc) is 3.79. The summed E-state index contributed by atoms with van der Waals surface area (Å²) < 4.78 is 28.2. The van der Waals surface area contributed by atoms with Crippen molar-refractivity contribution >= 4 is 22.7 Å². The van der Waals surface area contributed by atoms with Crippen LogP contribution in [0.2, 0.25) is 0 Å². The van der Waals surface area contributed by atoms with Crippen molar-refractivity contribution in [3.63, 3.8) is 0 Å². The molecular formula is C34H29N3O7. The lowest BCUT2D eigenvalue weighted by atomic mass is 9.65. The van der Waals surface area contributed by atoms with Gasteiger partial charge in [0.05, 0.1) is 43.8 Å². The van der Waals surface area contributed by atoms with E-state index in [2.05, 4.69) is 10.3 Å². The van der Waals surface area contributed by atoms with E-state index < -0.39 is 11.8 Å². The minimum atomic E-state index is -0.505. The molecular weight excluding hydrogens is 562 g/mol. The second-order valence-electron chi connectivity index (χ2n) is 11.2. The first-order valence-electron chi connectivity index (χ1n) is 14.4. The molecule has 1 aromatic heterocycles. The third-order valence-corrected chi connectivity index (χ3v) is 8.92. The molecule has 1 fully saturated rings. The number of imidazole rings is 1. The molecule has 3 aliphatic rings. The summed E-state index contributed by atoms with van der Waals surface area (Å²) in [6.07, 6.45) is 0. The number of esters is 1. The van der Waals surface area contributed by atoms with E-state index in [1.165, 1.54) is 14.2 Å². The predicted octanol–water partition coefficient (Wildman–Crippen LogP) is 5.77. The first kappa shape index (κ1) is 26.3. The number of anilines is 1. The van der Waals surface area contributed by atoms with Gasteiger partial charge >= 0.3 is 5.97 Å². The molecule has 10 nitrogen and oxygen atoms in total. The highest BCUT2D eigenvalue weighted by Crippen LogP contribution is 2.56. The second-order valence-corrected chi connectivity index (χ2v) is 11.2. The number of phenolic OH excluding ortho intramolecular Hbond substituents is 1. The van der Waals surface area contributed by atoms with Crippen molar-refractivity contribution in [3.8, 4) is 40.1 Å². The van der Waals surface area contributed by atoms with Crippen LogP contribution in [0.1, 0.15) is 28.7 Å².